The third kappa shape index (κ3) is 2.51. The van der Waals surface area contributed by atoms with Gasteiger partial charge in [0, 0.05) is 38.6 Å². The van der Waals surface area contributed by atoms with Crippen molar-refractivity contribution in [2.24, 2.45) is 0 Å². The van der Waals surface area contributed by atoms with Gasteiger partial charge in [0.15, 0.2) is 0 Å². The fraction of sp³-hybridized carbons (Fsp3) is 0.583. The van der Waals surface area contributed by atoms with Crippen molar-refractivity contribution in [2.45, 2.75) is 13.0 Å². The first-order valence-corrected chi connectivity index (χ1v) is 5.65. The van der Waals surface area contributed by atoms with E-state index in [2.05, 4.69) is 27.3 Å². The number of nitrogens with zero attached hydrogens (tertiary/aromatic N) is 2. The second kappa shape index (κ2) is 4.80. The molecule has 88 valence electrons. The van der Waals surface area contributed by atoms with E-state index < -0.39 is 0 Å². The summed E-state index contributed by atoms with van der Waals surface area (Å²) in [6, 6.07) is 4.18. The molecule has 0 aliphatic carbocycles. The lowest BCUT2D eigenvalue weighted by Gasteiger charge is -2.24. The minimum atomic E-state index is 0.0901. The summed E-state index contributed by atoms with van der Waals surface area (Å²) in [4.78, 5) is 6.64. The molecular weight excluding hydrogens is 202 g/mol. The molecule has 0 bridgehead atoms. The van der Waals surface area contributed by atoms with Crippen LogP contribution in [-0.4, -0.2) is 38.8 Å². The summed E-state index contributed by atoms with van der Waals surface area (Å²) < 4.78 is 5.71. The quantitative estimate of drug-likeness (QED) is 0.812. The van der Waals surface area contributed by atoms with Crippen molar-refractivity contribution >= 4 is 5.69 Å². The molecule has 16 heavy (non-hydrogen) atoms. The van der Waals surface area contributed by atoms with Gasteiger partial charge in [-0.2, -0.15) is 0 Å². The molecule has 0 saturated carbocycles. The molecule has 1 aliphatic heterocycles. The van der Waals surface area contributed by atoms with E-state index in [4.69, 9.17) is 4.74 Å². The van der Waals surface area contributed by atoms with Gasteiger partial charge in [0.05, 0.1) is 12.3 Å². The van der Waals surface area contributed by atoms with Crippen LogP contribution < -0.4 is 10.2 Å². The first kappa shape index (κ1) is 11.4. The highest BCUT2D eigenvalue weighted by Gasteiger charge is 2.18. The van der Waals surface area contributed by atoms with Crippen LogP contribution in [-0.2, 0) is 4.74 Å². The topological polar surface area (TPSA) is 37.4 Å². The van der Waals surface area contributed by atoms with Crippen molar-refractivity contribution in [1.82, 2.24) is 10.3 Å². The lowest BCUT2D eigenvalue weighted by atomic mass is 10.1. The molecule has 1 atom stereocenters. The Morgan fingerprint density at radius 2 is 2.25 bits per heavy atom. The lowest BCUT2D eigenvalue weighted by molar-refractivity contribution is 0.0250. The molecule has 1 saturated heterocycles. The molecule has 1 fully saturated rings. The molecule has 2 rings (SSSR count). The Labute approximate surface area is 96.6 Å². The molecule has 4 heteroatoms. The average Bonchev–Trinajstić information content (AvgIpc) is 2.29. The van der Waals surface area contributed by atoms with E-state index in [0.717, 1.165) is 31.1 Å². The Hall–Kier alpha value is -1.13. The molecule has 0 aromatic carbocycles. The second-order valence-corrected chi connectivity index (χ2v) is 4.35. The molecule has 0 spiro atoms. The zero-order chi connectivity index (χ0) is 11.5. The van der Waals surface area contributed by atoms with E-state index in [0.29, 0.717) is 0 Å². The van der Waals surface area contributed by atoms with Crippen LogP contribution in [0.1, 0.15) is 17.5 Å². The van der Waals surface area contributed by atoms with Gasteiger partial charge in [-0.15, -0.1) is 0 Å². The van der Waals surface area contributed by atoms with E-state index in [9.17, 15) is 0 Å². The van der Waals surface area contributed by atoms with E-state index in [1.165, 1.54) is 5.69 Å². The molecule has 1 aliphatic rings. The van der Waals surface area contributed by atoms with Crippen molar-refractivity contribution in [2.75, 3.05) is 38.7 Å². The number of aromatic nitrogens is 1. The molecular formula is C12H19N3O. The van der Waals surface area contributed by atoms with Gasteiger partial charge in [-0.05, 0) is 19.1 Å². The Bertz CT molecular complexity index is 359. The van der Waals surface area contributed by atoms with Crippen LogP contribution in [0.5, 0.6) is 0 Å². The van der Waals surface area contributed by atoms with Crippen molar-refractivity contribution in [3.05, 3.63) is 23.5 Å². The van der Waals surface area contributed by atoms with Crippen molar-refractivity contribution < 1.29 is 4.74 Å². The van der Waals surface area contributed by atoms with E-state index in [1.807, 2.05) is 21.0 Å². The minimum Gasteiger partial charge on any atom is -0.378 e. The molecule has 4 nitrogen and oxygen atoms in total. The molecule has 1 N–H and O–H groups in total. The van der Waals surface area contributed by atoms with Crippen LogP contribution in [0.15, 0.2) is 12.1 Å². The monoisotopic (exact) mass is 221 g/mol. The van der Waals surface area contributed by atoms with Crippen LogP contribution >= 0.6 is 0 Å². The SMILES string of the molecule is Cc1cc(N(C)C)cc(C2CNCCO2)n1. The highest BCUT2D eigenvalue weighted by molar-refractivity contribution is 5.47. The zero-order valence-electron chi connectivity index (χ0n) is 10.2. The fourth-order valence-corrected chi connectivity index (χ4v) is 1.85. The van der Waals surface area contributed by atoms with Crippen LogP contribution in [0.3, 0.4) is 0 Å². The summed E-state index contributed by atoms with van der Waals surface area (Å²) in [7, 11) is 4.08. The largest absolute Gasteiger partial charge is 0.378 e. The average molecular weight is 221 g/mol. The molecule has 2 heterocycles. The zero-order valence-corrected chi connectivity index (χ0v) is 10.2. The number of nitrogens with one attached hydrogen (secondary N) is 1. The van der Waals surface area contributed by atoms with Crippen LogP contribution in [0.2, 0.25) is 0 Å². The first-order valence-electron chi connectivity index (χ1n) is 5.65. The summed E-state index contributed by atoms with van der Waals surface area (Å²) in [6.07, 6.45) is 0.0901. The van der Waals surface area contributed by atoms with Gasteiger partial charge in [0.2, 0.25) is 0 Å². The molecule has 0 radical (unpaired) electrons. The first-order chi connectivity index (χ1) is 7.66. The summed E-state index contributed by atoms with van der Waals surface area (Å²) in [6.45, 7) is 4.57. The molecule has 1 unspecified atom stereocenters. The predicted octanol–water partition coefficient (Wildman–Crippen LogP) is 1.12. The van der Waals surface area contributed by atoms with Crippen LogP contribution in [0, 0.1) is 6.92 Å². The van der Waals surface area contributed by atoms with Gasteiger partial charge in [-0.3, -0.25) is 4.98 Å². The second-order valence-electron chi connectivity index (χ2n) is 4.35. The van der Waals surface area contributed by atoms with E-state index in [-0.39, 0.29) is 6.10 Å². The lowest BCUT2D eigenvalue weighted by Crippen LogP contribution is -2.33. The highest BCUT2D eigenvalue weighted by atomic mass is 16.5. The summed E-state index contributed by atoms with van der Waals surface area (Å²) in [5.74, 6) is 0. The molecule has 1 aromatic heterocycles. The summed E-state index contributed by atoms with van der Waals surface area (Å²) in [5, 5.41) is 3.32. The van der Waals surface area contributed by atoms with Gasteiger partial charge in [0.1, 0.15) is 6.10 Å². The van der Waals surface area contributed by atoms with E-state index in [1.54, 1.807) is 0 Å². The highest BCUT2D eigenvalue weighted by Crippen LogP contribution is 2.22. The Kier molecular flexibility index (Phi) is 3.41. The van der Waals surface area contributed by atoms with Crippen LogP contribution in [0.4, 0.5) is 5.69 Å². The maximum absolute atomic E-state index is 5.71. The summed E-state index contributed by atoms with van der Waals surface area (Å²) in [5.41, 5.74) is 3.24. The van der Waals surface area contributed by atoms with Crippen molar-refractivity contribution in [3.8, 4) is 0 Å². The number of rotatable bonds is 2. The van der Waals surface area contributed by atoms with E-state index >= 15 is 0 Å². The normalized spacial score (nSPS) is 20.8. The number of aryl methyl sites for hydroxylation is 1. The third-order valence-corrected chi connectivity index (χ3v) is 2.73. The maximum atomic E-state index is 5.71. The van der Waals surface area contributed by atoms with Crippen molar-refractivity contribution in [3.63, 3.8) is 0 Å². The van der Waals surface area contributed by atoms with Crippen molar-refractivity contribution in [1.29, 1.82) is 0 Å². The number of hydrogen-bond acceptors (Lipinski definition) is 4. The van der Waals surface area contributed by atoms with Gasteiger partial charge < -0.3 is 15.0 Å². The van der Waals surface area contributed by atoms with Gasteiger partial charge in [-0.1, -0.05) is 0 Å². The molecule has 0 amide bonds. The summed E-state index contributed by atoms with van der Waals surface area (Å²) >= 11 is 0. The Morgan fingerprint density at radius 3 is 2.88 bits per heavy atom. The predicted molar refractivity (Wildman–Crippen MR) is 64.9 cm³/mol. The molecule has 1 aromatic rings. The maximum Gasteiger partial charge on any atom is 0.112 e. The van der Waals surface area contributed by atoms with Crippen LogP contribution in [0.25, 0.3) is 0 Å². The fourth-order valence-electron chi connectivity index (χ4n) is 1.85. The van der Waals surface area contributed by atoms with Gasteiger partial charge >= 0.3 is 0 Å². The number of anilines is 1. The Morgan fingerprint density at radius 1 is 1.44 bits per heavy atom. The van der Waals surface area contributed by atoms with Gasteiger partial charge in [0.25, 0.3) is 0 Å². The smallest absolute Gasteiger partial charge is 0.112 e. The Balaban J connectivity index is 2.25. The number of pyridine rings is 1. The number of ether oxygens (including phenoxy) is 1. The number of hydrogen-bond donors (Lipinski definition) is 1. The minimum absolute atomic E-state index is 0.0901. The van der Waals surface area contributed by atoms with Gasteiger partial charge in [-0.25, -0.2) is 0 Å². The third-order valence-electron chi connectivity index (χ3n) is 2.73. The standard InChI is InChI=1S/C12H19N3O/c1-9-6-10(15(2)3)7-11(14-9)12-8-13-4-5-16-12/h6-7,12-13H,4-5,8H2,1-3H3. The number of morpholine rings is 1.